The van der Waals surface area contributed by atoms with Crippen molar-refractivity contribution in [3.63, 3.8) is 0 Å². The van der Waals surface area contributed by atoms with Crippen LogP contribution in [0.3, 0.4) is 0 Å². The highest BCUT2D eigenvalue weighted by molar-refractivity contribution is 5.82. The fourth-order valence-corrected chi connectivity index (χ4v) is 1.93. The van der Waals surface area contributed by atoms with Crippen LogP contribution in [0.2, 0.25) is 0 Å². The molecule has 0 bridgehead atoms. The molecular weight excluding hydrogens is 210 g/mol. The SMILES string of the molecule is CCC1(O)C(=O)OCc2c1cc(C)[nH]c2=O. The van der Waals surface area contributed by atoms with Gasteiger partial charge in [-0.1, -0.05) is 6.92 Å². The van der Waals surface area contributed by atoms with Crippen LogP contribution < -0.4 is 5.56 Å². The van der Waals surface area contributed by atoms with E-state index in [-0.39, 0.29) is 18.6 Å². The number of aryl methyl sites for hydroxylation is 1. The minimum atomic E-state index is -1.69. The number of aromatic nitrogens is 1. The van der Waals surface area contributed by atoms with Crippen molar-refractivity contribution >= 4 is 5.97 Å². The van der Waals surface area contributed by atoms with E-state index in [1.54, 1.807) is 19.9 Å². The van der Waals surface area contributed by atoms with Gasteiger partial charge in [0.25, 0.3) is 5.56 Å². The average Bonchev–Trinajstić information content (AvgIpc) is 2.24. The summed E-state index contributed by atoms with van der Waals surface area (Å²) in [5, 5.41) is 10.2. The standard InChI is InChI=1S/C11H13NO4/c1-3-11(15)8-4-6(2)12-9(13)7(8)5-16-10(11)14/h4,15H,3,5H2,1-2H3,(H,12,13). The largest absolute Gasteiger partial charge is 0.458 e. The molecule has 0 radical (unpaired) electrons. The van der Waals surface area contributed by atoms with Crippen LogP contribution in [0.15, 0.2) is 10.9 Å². The molecule has 1 aliphatic heterocycles. The van der Waals surface area contributed by atoms with Gasteiger partial charge in [-0.05, 0) is 19.4 Å². The number of esters is 1. The molecule has 1 aliphatic rings. The maximum absolute atomic E-state index is 11.6. The van der Waals surface area contributed by atoms with Gasteiger partial charge < -0.3 is 14.8 Å². The summed E-state index contributed by atoms with van der Waals surface area (Å²) >= 11 is 0. The van der Waals surface area contributed by atoms with Crippen LogP contribution in [0.25, 0.3) is 0 Å². The number of carbonyl (C=O) groups is 1. The van der Waals surface area contributed by atoms with Gasteiger partial charge in [-0.3, -0.25) is 4.79 Å². The third kappa shape index (κ3) is 1.36. The first kappa shape index (κ1) is 10.9. The summed E-state index contributed by atoms with van der Waals surface area (Å²) < 4.78 is 4.82. The maximum Gasteiger partial charge on any atom is 0.343 e. The van der Waals surface area contributed by atoms with Crippen molar-refractivity contribution in [2.24, 2.45) is 0 Å². The van der Waals surface area contributed by atoms with E-state index < -0.39 is 11.6 Å². The molecule has 16 heavy (non-hydrogen) atoms. The van der Waals surface area contributed by atoms with Gasteiger partial charge in [-0.15, -0.1) is 0 Å². The fraction of sp³-hybridized carbons (Fsp3) is 0.455. The number of cyclic esters (lactones) is 1. The van der Waals surface area contributed by atoms with E-state index in [1.165, 1.54) is 0 Å². The second-order valence-electron chi connectivity index (χ2n) is 3.96. The molecule has 5 nitrogen and oxygen atoms in total. The van der Waals surface area contributed by atoms with E-state index in [0.29, 0.717) is 16.8 Å². The molecule has 86 valence electrons. The Morgan fingerprint density at radius 2 is 2.25 bits per heavy atom. The van der Waals surface area contributed by atoms with E-state index in [0.717, 1.165) is 0 Å². The highest BCUT2D eigenvalue weighted by atomic mass is 16.6. The summed E-state index contributed by atoms with van der Waals surface area (Å²) in [6.45, 7) is 3.30. The van der Waals surface area contributed by atoms with Crippen LogP contribution in [-0.2, 0) is 21.7 Å². The highest BCUT2D eigenvalue weighted by Crippen LogP contribution is 2.32. The Kier molecular flexibility index (Phi) is 2.35. The zero-order valence-electron chi connectivity index (χ0n) is 9.16. The lowest BCUT2D eigenvalue weighted by atomic mass is 9.86. The molecule has 0 aromatic carbocycles. The molecule has 1 aromatic rings. The van der Waals surface area contributed by atoms with E-state index in [4.69, 9.17) is 4.74 Å². The normalized spacial score (nSPS) is 23.8. The van der Waals surface area contributed by atoms with Crippen molar-refractivity contribution in [3.8, 4) is 0 Å². The summed E-state index contributed by atoms with van der Waals surface area (Å²) in [7, 11) is 0. The molecule has 0 aliphatic carbocycles. The van der Waals surface area contributed by atoms with Crippen LogP contribution in [-0.4, -0.2) is 16.1 Å². The van der Waals surface area contributed by atoms with Crippen LogP contribution in [0, 0.1) is 6.92 Å². The average molecular weight is 223 g/mol. The quantitative estimate of drug-likeness (QED) is 0.673. The molecule has 1 aromatic heterocycles. The number of hydrogen-bond donors (Lipinski definition) is 2. The van der Waals surface area contributed by atoms with Crippen molar-refractivity contribution < 1.29 is 14.6 Å². The molecule has 2 rings (SSSR count). The first-order chi connectivity index (χ1) is 7.49. The highest BCUT2D eigenvalue weighted by Gasteiger charge is 2.43. The number of pyridine rings is 1. The number of aliphatic hydroxyl groups is 1. The Balaban J connectivity index is 2.73. The summed E-state index contributed by atoms with van der Waals surface area (Å²) in [4.78, 5) is 25.8. The molecule has 2 heterocycles. The molecule has 1 unspecified atom stereocenters. The Morgan fingerprint density at radius 1 is 1.56 bits per heavy atom. The lowest BCUT2D eigenvalue weighted by Crippen LogP contribution is -2.43. The lowest BCUT2D eigenvalue weighted by Gasteiger charge is -2.31. The minimum Gasteiger partial charge on any atom is -0.458 e. The van der Waals surface area contributed by atoms with Crippen molar-refractivity contribution in [1.29, 1.82) is 0 Å². The van der Waals surface area contributed by atoms with E-state index in [1.807, 2.05) is 0 Å². The van der Waals surface area contributed by atoms with Crippen molar-refractivity contribution in [2.75, 3.05) is 0 Å². The third-order valence-electron chi connectivity index (χ3n) is 2.91. The first-order valence-corrected chi connectivity index (χ1v) is 5.12. The third-order valence-corrected chi connectivity index (χ3v) is 2.91. The van der Waals surface area contributed by atoms with Gasteiger partial charge in [0.15, 0.2) is 5.60 Å². The van der Waals surface area contributed by atoms with Gasteiger partial charge in [0, 0.05) is 11.3 Å². The van der Waals surface area contributed by atoms with Gasteiger partial charge in [0.1, 0.15) is 6.61 Å². The van der Waals surface area contributed by atoms with Gasteiger partial charge in [0.2, 0.25) is 0 Å². The molecule has 2 N–H and O–H groups in total. The number of rotatable bonds is 1. The Bertz CT molecular complexity index is 505. The Morgan fingerprint density at radius 3 is 2.88 bits per heavy atom. The van der Waals surface area contributed by atoms with E-state index in [9.17, 15) is 14.7 Å². The topological polar surface area (TPSA) is 79.4 Å². The van der Waals surface area contributed by atoms with Crippen molar-refractivity contribution in [1.82, 2.24) is 4.98 Å². The van der Waals surface area contributed by atoms with Crippen LogP contribution in [0.1, 0.15) is 30.2 Å². The van der Waals surface area contributed by atoms with Gasteiger partial charge in [-0.25, -0.2) is 4.79 Å². The first-order valence-electron chi connectivity index (χ1n) is 5.12. The molecule has 0 amide bonds. The smallest absolute Gasteiger partial charge is 0.343 e. The summed E-state index contributed by atoms with van der Waals surface area (Å²) in [5.41, 5.74) is -0.686. The van der Waals surface area contributed by atoms with E-state index in [2.05, 4.69) is 4.98 Å². The van der Waals surface area contributed by atoms with Gasteiger partial charge in [0.05, 0.1) is 5.56 Å². The molecule has 1 atom stereocenters. The number of hydrogen-bond acceptors (Lipinski definition) is 4. The number of nitrogens with one attached hydrogen (secondary N) is 1. The zero-order valence-corrected chi connectivity index (χ0v) is 9.16. The molecule has 0 fully saturated rings. The number of H-pyrrole nitrogens is 1. The molecule has 0 saturated heterocycles. The number of fused-ring (bicyclic) bond motifs is 1. The summed E-state index contributed by atoms with van der Waals surface area (Å²) in [6, 6.07) is 1.63. The maximum atomic E-state index is 11.6. The second-order valence-corrected chi connectivity index (χ2v) is 3.96. The lowest BCUT2D eigenvalue weighted by molar-refractivity contribution is -0.172. The number of ether oxygens (including phenoxy) is 1. The monoisotopic (exact) mass is 223 g/mol. The predicted octanol–water partition coefficient (Wildman–Crippen LogP) is 0.338. The molecule has 0 spiro atoms. The number of carbonyl (C=O) groups excluding carboxylic acids is 1. The molecular formula is C11H13NO4. The van der Waals surface area contributed by atoms with Gasteiger partial charge in [-0.2, -0.15) is 0 Å². The van der Waals surface area contributed by atoms with E-state index >= 15 is 0 Å². The van der Waals surface area contributed by atoms with Gasteiger partial charge >= 0.3 is 5.97 Å². The molecule has 5 heteroatoms. The van der Waals surface area contributed by atoms with Crippen molar-refractivity contribution in [3.05, 3.63) is 33.2 Å². The van der Waals surface area contributed by atoms with Crippen LogP contribution in [0.4, 0.5) is 0 Å². The summed E-state index contributed by atoms with van der Waals surface area (Å²) in [6.07, 6.45) is 0.182. The van der Waals surface area contributed by atoms with Crippen molar-refractivity contribution in [2.45, 2.75) is 32.5 Å². The van der Waals surface area contributed by atoms with Crippen LogP contribution >= 0.6 is 0 Å². The minimum absolute atomic E-state index is 0.0773. The second kappa shape index (κ2) is 3.45. The Labute approximate surface area is 92.1 Å². The molecule has 0 saturated carbocycles. The Hall–Kier alpha value is -1.62. The zero-order chi connectivity index (χ0) is 11.9. The predicted molar refractivity (Wildman–Crippen MR) is 55.8 cm³/mol. The summed E-state index contributed by atoms with van der Waals surface area (Å²) in [5.74, 6) is -0.688. The van der Waals surface area contributed by atoms with Crippen LogP contribution in [0.5, 0.6) is 0 Å². The number of aromatic amines is 1. The fourth-order valence-electron chi connectivity index (χ4n) is 1.93.